The van der Waals surface area contributed by atoms with E-state index in [1.165, 1.54) is 32.1 Å². The number of rotatable bonds is 9. The van der Waals surface area contributed by atoms with Gasteiger partial charge in [-0.3, -0.25) is 0 Å². The highest BCUT2D eigenvalue weighted by Crippen LogP contribution is 2.13. The Morgan fingerprint density at radius 2 is 1.71 bits per heavy atom. The summed E-state index contributed by atoms with van der Waals surface area (Å²) in [5.74, 6) is 0.241. The summed E-state index contributed by atoms with van der Waals surface area (Å²) < 4.78 is 0. The Labute approximate surface area is 89.2 Å². The van der Waals surface area contributed by atoms with E-state index in [-0.39, 0.29) is 12.0 Å². The van der Waals surface area contributed by atoms with Gasteiger partial charge in [-0.15, -0.1) is 6.58 Å². The predicted octanol–water partition coefficient (Wildman–Crippen LogP) is 3.92. The van der Waals surface area contributed by atoms with Gasteiger partial charge in [0.25, 0.3) is 0 Å². The number of aliphatic hydroxyl groups excluding tert-OH is 1. The van der Waals surface area contributed by atoms with Crippen molar-refractivity contribution in [3.05, 3.63) is 12.7 Å². The van der Waals surface area contributed by atoms with Gasteiger partial charge in [-0.05, 0) is 12.3 Å². The first kappa shape index (κ1) is 13.7. The maximum atomic E-state index is 9.65. The molecule has 0 heterocycles. The van der Waals surface area contributed by atoms with Gasteiger partial charge in [-0.1, -0.05) is 58.4 Å². The minimum absolute atomic E-state index is 0.182. The Balaban J connectivity index is 3.22. The van der Waals surface area contributed by atoms with E-state index in [4.69, 9.17) is 0 Å². The molecule has 0 aromatic rings. The van der Waals surface area contributed by atoms with Gasteiger partial charge in [0.15, 0.2) is 0 Å². The fourth-order valence-corrected chi connectivity index (χ4v) is 1.55. The summed E-state index contributed by atoms with van der Waals surface area (Å²) in [6, 6.07) is 0. The third-order valence-electron chi connectivity index (χ3n) is 2.83. The minimum Gasteiger partial charge on any atom is -0.393 e. The van der Waals surface area contributed by atoms with E-state index in [0.717, 1.165) is 12.8 Å². The zero-order chi connectivity index (χ0) is 10.8. The smallest absolute Gasteiger partial charge is 0.0600 e. The highest BCUT2D eigenvalue weighted by molar-refractivity contribution is 4.80. The summed E-state index contributed by atoms with van der Waals surface area (Å²) in [5.41, 5.74) is 0. The van der Waals surface area contributed by atoms with Crippen molar-refractivity contribution in [1.29, 1.82) is 0 Å². The molecule has 0 radical (unpaired) electrons. The van der Waals surface area contributed by atoms with Crippen LogP contribution < -0.4 is 0 Å². The molecule has 0 saturated heterocycles. The topological polar surface area (TPSA) is 20.2 Å². The standard InChI is InChI=1S/C13H26O/c1-4-6-7-8-9-10-11-13(14)12(3)5-2/h5,12-14H,2,4,6-11H2,1,3H3/t12-,13+/m1/s1. The van der Waals surface area contributed by atoms with Crippen molar-refractivity contribution >= 4 is 0 Å². The predicted molar refractivity (Wildman–Crippen MR) is 63.4 cm³/mol. The second kappa shape index (κ2) is 9.26. The van der Waals surface area contributed by atoms with E-state index in [0.29, 0.717) is 0 Å². The van der Waals surface area contributed by atoms with E-state index in [1.54, 1.807) is 0 Å². The van der Waals surface area contributed by atoms with Crippen LogP contribution in [0.2, 0.25) is 0 Å². The van der Waals surface area contributed by atoms with Gasteiger partial charge in [0.2, 0.25) is 0 Å². The molecule has 0 bridgehead atoms. The highest BCUT2D eigenvalue weighted by Gasteiger charge is 2.09. The molecule has 0 aromatic heterocycles. The maximum absolute atomic E-state index is 9.65. The molecule has 0 aliphatic heterocycles. The molecule has 0 saturated carbocycles. The van der Waals surface area contributed by atoms with Crippen molar-refractivity contribution in [3.63, 3.8) is 0 Å². The SMILES string of the molecule is C=C[C@@H](C)[C@@H](O)CCCCCCCC. The van der Waals surface area contributed by atoms with Gasteiger partial charge < -0.3 is 5.11 Å². The average Bonchev–Trinajstić information content (AvgIpc) is 2.21. The quantitative estimate of drug-likeness (QED) is 0.440. The van der Waals surface area contributed by atoms with Crippen molar-refractivity contribution in [2.75, 3.05) is 0 Å². The molecule has 0 unspecified atom stereocenters. The molecular weight excluding hydrogens is 172 g/mol. The Kier molecular flexibility index (Phi) is 9.06. The summed E-state index contributed by atoms with van der Waals surface area (Å²) in [6.07, 6.45) is 10.3. The Hall–Kier alpha value is -0.300. The lowest BCUT2D eigenvalue weighted by Crippen LogP contribution is -2.14. The van der Waals surface area contributed by atoms with Crippen LogP contribution in [0.4, 0.5) is 0 Å². The Bertz CT molecular complexity index is 131. The molecule has 0 aromatic carbocycles. The van der Waals surface area contributed by atoms with Crippen LogP contribution in [0.1, 0.15) is 58.8 Å². The van der Waals surface area contributed by atoms with Crippen molar-refractivity contribution in [3.8, 4) is 0 Å². The number of hydrogen-bond donors (Lipinski definition) is 1. The number of hydrogen-bond acceptors (Lipinski definition) is 1. The lowest BCUT2D eigenvalue weighted by Gasteiger charge is -2.14. The molecule has 1 nitrogen and oxygen atoms in total. The summed E-state index contributed by atoms with van der Waals surface area (Å²) in [5, 5.41) is 9.65. The van der Waals surface area contributed by atoms with Gasteiger partial charge in [0.05, 0.1) is 6.10 Å². The summed E-state index contributed by atoms with van der Waals surface area (Å²) in [7, 11) is 0. The first-order valence-corrected chi connectivity index (χ1v) is 6.03. The minimum atomic E-state index is -0.182. The van der Waals surface area contributed by atoms with Crippen LogP contribution in [-0.2, 0) is 0 Å². The summed E-state index contributed by atoms with van der Waals surface area (Å²) in [4.78, 5) is 0. The molecule has 2 atom stereocenters. The lowest BCUT2D eigenvalue weighted by molar-refractivity contribution is 0.125. The third kappa shape index (κ3) is 7.14. The van der Waals surface area contributed by atoms with E-state index in [9.17, 15) is 5.11 Å². The van der Waals surface area contributed by atoms with E-state index < -0.39 is 0 Å². The fourth-order valence-electron chi connectivity index (χ4n) is 1.55. The maximum Gasteiger partial charge on any atom is 0.0600 e. The number of unbranched alkanes of at least 4 members (excludes halogenated alkanes) is 5. The van der Waals surface area contributed by atoms with E-state index in [2.05, 4.69) is 13.5 Å². The molecule has 0 amide bonds. The second-order valence-electron chi connectivity index (χ2n) is 4.22. The normalized spacial score (nSPS) is 15.1. The van der Waals surface area contributed by atoms with Gasteiger partial charge in [0.1, 0.15) is 0 Å². The van der Waals surface area contributed by atoms with Crippen LogP contribution in [0.3, 0.4) is 0 Å². The van der Waals surface area contributed by atoms with Crippen molar-refractivity contribution in [2.45, 2.75) is 64.9 Å². The fraction of sp³-hybridized carbons (Fsp3) is 0.846. The van der Waals surface area contributed by atoms with Crippen molar-refractivity contribution in [1.82, 2.24) is 0 Å². The first-order valence-electron chi connectivity index (χ1n) is 6.03. The monoisotopic (exact) mass is 198 g/mol. The molecule has 84 valence electrons. The van der Waals surface area contributed by atoms with Gasteiger partial charge in [-0.2, -0.15) is 0 Å². The third-order valence-corrected chi connectivity index (χ3v) is 2.83. The zero-order valence-electron chi connectivity index (χ0n) is 9.84. The molecule has 0 aliphatic carbocycles. The molecule has 1 N–H and O–H groups in total. The largest absolute Gasteiger partial charge is 0.393 e. The highest BCUT2D eigenvalue weighted by atomic mass is 16.3. The van der Waals surface area contributed by atoms with E-state index in [1.807, 2.05) is 13.0 Å². The van der Waals surface area contributed by atoms with Crippen LogP contribution in [-0.4, -0.2) is 11.2 Å². The van der Waals surface area contributed by atoms with Crippen LogP contribution in [0, 0.1) is 5.92 Å². The summed E-state index contributed by atoms with van der Waals surface area (Å²) in [6.45, 7) is 7.94. The van der Waals surface area contributed by atoms with Crippen LogP contribution in [0.25, 0.3) is 0 Å². The lowest BCUT2D eigenvalue weighted by atomic mass is 9.99. The van der Waals surface area contributed by atoms with Crippen LogP contribution in [0.15, 0.2) is 12.7 Å². The molecule has 0 spiro atoms. The van der Waals surface area contributed by atoms with Crippen LogP contribution >= 0.6 is 0 Å². The number of aliphatic hydroxyl groups is 1. The van der Waals surface area contributed by atoms with Crippen molar-refractivity contribution in [2.24, 2.45) is 5.92 Å². The van der Waals surface area contributed by atoms with Crippen LogP contribution in [0.5, 0.6) is 0 Å². The second-order valence-corrected chi connectivity index (χ2v) is 4.22. The van der Waals surface area contributed by atoms with Gasteiger partial charge in [-0.25, -0.2) is 0 Å². The Morgan fingerprint density at radius 1 is 1.14 bits per heavy atom. The first-order chi connectivity index (χ1) is 6.72. The summed E-state index contributed by atoms with van der Waals surface area (Å²) >= 11 is 0. The molecule has 14 heavy (non-hydrogen) atoms. The van der Waals surface area contributed by atoms with Crippen molar-refractivity contribution < 1.29 is 5.11 Å². The zero-order valence-corrected chi connectivity index (χ0v) is 9.84. The van der Waals surface area contributed by atoms with Gasteiger partial charge >= 0.3 is 0 Å². The molecule has 0 fully saturated rings. The average molecular weight is 198 g/mol. The molecule has 0 rings (SSSR count). The van der Waals surface area contributed by atoms with Gasteiger partial charge in [0, 0.05) is 0 Å². The Morgan fingerprint density at radius 3 is 2.29 bits per heavy atom. The molecule has 0 aliphatic rings. The molecule has 1 heteroatoms. The van der Waals surface area contributed by atoms with E-state index >= 15 is 0 Å². The molecular formula is C13H26O.